The molecule has 2 N–H and O–H groups in total. The average molecular weight is 536 g/mol. The first kappa shape index (κ1) is 28.5. The van der Waals surface area contributed by atoms with Crippen molar-refractivity contribution in [3.05, 3.63) is 101 Å². The lowest BCUT2D eigenvalue weighted by atomic mass is 9.86. The van der Waals surface area contributed by atoms with Gasteiger partial charge in [-0.15, -0.1) is 0 Å². The van der Waals surface area contributed by atoms with Gasteiger partial charge in [-0.2, -0.15) is 0 Å². The average Bonchev–Trinajstić information content (AvgIpc) is 2.93. The fourth-order valence-corrected chi connectivity index (χ4v) is 4.20. The Kier molecular flexibility index (Phi) is 8.33. The molecule has 7 heteroatoms. The number of nitrogens with one attached hydrogen (secondary N) is 2. The second-order valence-corrected chi connectivity index (χ2v) is 11.2. The predicted molar refractivity (Wildman–Crippen MR) is 162 cm³/mol. The quantitative estimate of drug-likeness (QED) is 0.261. The van der Waals surface area contributed by atoms with Crippen LogP contribution in [0.4, 0.5) is 17.3 Å². The molecule has 0 radical (unpaired) electrons. The number of carbonyl (C=O) groups is 2. The molecule has 4 rings (SSSR count). The number of aromatic nitrogens is 2. The van der Waals surface area contributed by atoms with Crippen LogP contribution in [0.2, 0.25) is 0 Å². The molecule has 0 saturated carbocycles. The number of rotatable bonds is 7. The molecule has 206 valence electrons. The van der Waals surface area contributed by atoms with E-state index in [0.29, 0.717) is 17.1 Å². The van der Waals surface area contributed by atoms with Crippen molar-refractivity contribution in [3.8, 4) is 11.3 Å². The Labute approximate surface area is 236 Å². The van der Waals surface area contributed by atoms with E-state index in [4.69, 9.17) is 4.98 Å². The number of amides is 2. The summed E-state index contributed by atoms with van der Waals surface area (Å²) < 4.78 is 0. The van der Waals surface area contributed by atoms with Gasteiger partial charge in [0, 0.05) is 47.4 Å². The Morgan fingerprint density at radius 2 is 1.52 bits per heavy atom. The molecule has 0 bridgehead atoms. The van der Waals surface area contributed by atoms with Gasteiger partial charge in [0.05, 0.1) is 5.69 Å². The molecule has 0 atom stereocenters. The molecule has 0 spiro atoms. The van der Waals surface area contributed by atoms with Crippen LogP contribution in [0.5, 0.6) is 0 Å². The first-order chi connectivity index (χ1) is 18.9. The lowest BCUT2D eigenvalue weighted by molar-refractivity contribution is 0.0754. The molecule has 0 saturated heterocycles. The molecular formula is C33H37N5O2. The maximum Gasteiger partial charge on any atom is 0.255 e. The van der Waals surface area contributed by atoms with E-state index in [-0.39, 0.29) is 23.3 Å². The van der Waals surface area contributed by atoms with Crippen molar-refractivity contribution in [2.75, 3.05) is 17.7 Å². The fourth-order valence-electron chi connectivity index (χ4n) is 4.20. The minimum atomic E-state index is -0.160. The summed E-state index contributed by atoms with van der Waals surface area (Å²) in [6.45, 7) is 12.4. The SMILES string of the molecule is Cc1c(NC(=O)c2ccc(C(C)(C)C)cc2)cccc1-c1ccnc(Nc2ccc(C(=O)N(C)C(C)C)cc2)n1. The molecule has 0 aliphatic carbocycles. The number of hydrogen-bond donors (Lipinski definition) is 2. The van der Waals surface area contributed by atoms with Crippen LogP contribution < -0.4 is 10.6 Å². The van der Waals surface area contributed by atoms with Crippen LogP contribution in [0.25, 0.3) is 11.3 Å². The Balaban J connectivity index is 1.50. The van der Waals surface area contributed by atoms with Crippen molar-refractivity contribution in [2.24, 2.45) is 0 Å². The summed E-state index contributed by atoms with van der Waals surface area (Å²) in [5.41, 5.74) is 6.46. The lowest BCUT2D eigenvalue weighted by Gasteiger charge is -2.21. The molecule has 40 heavy (non-hydrogen) atoms. The van der Waals surface area contributed by atoms with Gasteiger partial charge in [0.15, 0.2) is 0 Å². The van der Waals surface area contributed by atoms with Crippen molar-refractivity contribution in [3.63, 3.8) is 0 Å². The van der Waals surface area contributed by atoms with Crippen LogP contribution >= 0.6 is 0 Å². The number of nitrogens with zero attached hydrogens (tertiary/aromatic N) is 3. The Hall–Kier alpha value is -4.52. The van der Waals surface area contributed by atoms with E-state index >= 15 is 0 Å². The largest absolute Gasteiger partial charge is 0.339 e. The zero-order chi connectivity index (χ0) is 29.0. The molecule has 0 aliphatic rings. The predicted octanol–water partition coefficient (Wildman–Crippen LogP) is 7.23. The van der Waals surface area contributed by atoms with Crippen molar-refractivity contribution in [2.45, 2.75) is 53.0 Å². The highest BCUT2D eigenvalue weighted by Gasteiger charge is 2.17. The molecular weight excluding hydrogens is 498 g/mol. The molecule has 0 unspecified atom stereocenters. The van der Waals surface area contributed by atoms with Crippen molar-refractivity contribution in [1.29, 1.82) is 0 Å². The summed E-state index contributed by atoms with van der Waals surface area (Å²) in [4.78, 5) is 36.3. The normalized spacial score (nSPS) is 11.3. The summed E-state index contributed by atoms with van der Waals surface area (Å²) in [5.74, 6) is 0.250. The van der Waals surface area contributed by atoms with E-state index in [1.165, 1.54) is 5.56 Å². The summed E-state index contributed by atoms with van der Waals surface area (Å²) in [7, 11) is 1.80. The van der Waals surface area contributed by atoms with E-state index in [2.05, 4.69) is 36.4 Å². The van der Waals surface area contributed by atoms with Gasteiger partial charge in [-0.05, 0) is 85.8 Å². The van der Waals surface area contributed by atoms with Crippen LogP contribution in [0.3, 0.4) is 0 Å². The highest BCUT2D eigenvalue weighted by molar-refractivity contribution is 6.05. The maximum atomic E-state index is 13.0. The van der Waals surface area contributed by atoms with Crippen molar-refractivity contribution >= 4 is 29.1 Å². The molecule has 1 heterocycles. The highest BCUT2D eigenvalue weighted by atomic mass is 16.2. The van der Waals surface area contributed by atoms with Crippen LogP contribution in [0, 0.1) is 6.92 Å². The van der Waals surface area contributed by atoms with E-state index in [9.17, 15) is 9.59 Å². The topological polar surface area (TPSA) is 87.2 Å². The Morgan fingerprint density at radius 3 is 2.15 bits per heavy atom. The second kappa shape index (κ2) is 11.7. The zero-order valence-electron chi connectivity index (χ0n) is 24.2. The first-order valence-corrected chi connectivity index (χ1v) is 13.4. The van der Waals surface area contributed by atoms with Gasteiger partial charge in [-0.25, -0.2) is 9.97 Å². The highest BCUT2D eigenvalue weighted by Crippen LogP contribution is 2.29. The number of benzene rings is 3. The Bertz CT molecular complexity index is 1500. The molecule has 7 nitrogen and oxygen atoms in total. The zero-order valence-corrected chi connectivity index (χ0v) is 24.2. The van der Waals surface area contributed by atoms with Crippen LogP contribution in [-0.4, -0.2) is 39.8 Å². The maximum absolute atomic E-state index is 13.0. The molecule has 2 amide bonds. The minimum absolute atomic E-state index is 0.0239. The van der Waals surface area contributed by atoms with Gasteiger partial charge in [0.1, 0.15) is 0 Å². The van der Waals surface area contributed by atoms with Crippen molar-refractivity contribution < 1.29 is 9.59 Å². The standard InChI is InChI=1S/C33H37N5O2/c1-21(2)38(7)31(40)24-13-17-26(18-14-24)35-32-34-20-19-29(37-32)27-9-8-10-28(22(27)3)36-30(39)23-11-15-25(16-12-23)33(4,5)6/h8-21H,1-7H3,(H,36,39)(H,34,35,37). The van der Waals surface area contributed by atoms with E-state index in [1.807, 2.05) is 81.4 Å². The Morgan fingerprint density at radius 1 is 0.875 bits per heavy atom. The monoisotopic (exact) mass is 535 g/mol. The van der Waals surface area contributed by atoms with Crippen molar-refractivity contribution in [1.82, 2.24) is 14.9 Å². The van der Waals surface area contributed by atoms with E-state index in [0.717, 1.165) is 28.2 Å². The fraction of sp³-hybridized carbons (Fsp3) is 0.273. The van der Waals surface area contributed by atoms with Gasteiger partial charge in [-0.3, -0.25) is 9.59 Å². The van der Waals surface area contributed by atoms with Crippen LogP contribution in [0.1, 0.15) is 66.5 Å². The van der Waals surface area contributed by atoms with E-state index < -0.39 is 0 Å². The summed E-state index contributed by atoms with van der Waals surface area (Å²) in [5, 5.41) is 6.27. The third-order valence-corrected chi connectivity index (χ3v) is 7.01. The third kappa shape index (κ3) is 6.54. The smallest absolute Gasteiger partial charge is 0.255 e. The van der Waals surface area contributed by atoms with Crippen LogP contribution in [0.15, 0.2) is 79.0 Å². The summed E-state index contributed by atoms with van der Waals surface area (Å²) >= 11 is 0. The van der Waals surface area contributed by atoms with Gasteiger partial charge < -0.3 is 15.5 Å². The molecule has 1 aromatic heterocycles. The summed E-state index contributed by atoms with van der Waals surface area (Å²) in [6, 6.07) is 22.7. The van der Waals surface area contributed by atoms with Gasteiger partial charge in [0.25, 0.3) is 11.8 Å². The molecule has 0 aliphatic heterocycles. The third-order valence-electron chi connectivity index (χ3n) is 7.01. The first-order valence-electron chi connectivity index (χ1n) is 13.4. The van der Waals surface area contributed by atoms with Gasteiger partial charge in [-0.1, -0.05) is 45.0 Å². The van der Waals surface area contributed by atoms with Gasteiger partial charge >= 0.3 is 0 Å². The molecule has 0 fully saturated rings. The summed E-state index contributed by atoms with van der Waals surface area (Å²) in [6.07, 6.45) is 1.70. The molecule has 3 aromatic carbocycles. The second-order valence-electron chi connectivity index (χ2n) is 11.2. The van der Waals surface area contributed by atoms with Gasteiger partial charge in [0.2, 0.25) is 5.95 Å². The lowest BCUT2D eigenvalue weighted by Crippen LogP contribution is -2.32. The molecule has 4 aromatic rings. The number of carbonyl (C=O) groups excluding carboxylic acids is 2. The minimum Gasteiger partial charge on any atom is -0.339 e. The van der Waals surface area contributed by atoms with E-state index in [1.54, 1.807) is 30.3 Å². The van der Waals surface area contributed by atoms with Crippen LogP contribution in [-0.2, 0) is 5.41 Å². The number of anilines is 3. The number of hydrogen-bond acceptors (Lipinski definition) is 5.